The smallest absolute Gasteiger partial charge is 0.369 e. The minimum absolute atomic E-state index is 0.145. The number of nitrogens with two attached hydrogens (primary N) is 2. The number of anilines is 1. The molecule has 3 amide bonds. The van der Waals surface area contributed by atoms with Crippen LogP contribution in [0.1, 0.15) is 28.9 Å². The molecule has 16 heteroatoms. The van der Waals surface area contributed by atoms with Crippen molar-refractivity contribution in [1.29, 1.82) is 0 Å². The zero-order valence-electron chi connectivity index (χ0n) is 23.7. The Morgan fingerprint density at radius 2 is 1.95 bits per heavy atom. The predicted molar refractivity (Wildman–Crippen MR) is 158 cm³/mol. The Morgan fingerprint density at radius 3 is 2.58 bits per heavy atom. The van der Waals surface area contributed by atoms with Gasteiger partial charge in [-0.2, -0.15) is 0 Å². The van der Waals surface area contributed by atoms with E-state index in [-0.39, 0.29) is 40.7 Å². The van der Waals surface area contributed by atoms with Crippen LogP contribution in [0, 0.1) is 11.8 Å². The lowest BCUT2D eigenvalue weighted by atomic mass is 10.1. The van der Waals surface area contributed by atoms with Crippen LogP contribution in [0.2, 0.25) is 0 Å². The molecule has 1 saturated carbocycles. The maximum Gasteiger partial charge on any atom is 0.369 e. The number of aliphatic hydroxyl groups is 3. The molecule has 1 aliphatic carbocycles. The molecule has 232 valence electrons. The number of thiazole rings is 1. The fourth-order valence-corrected chi connectivity index (χ4v) is 5.35. The molecule has 1 atom stereocenters. The number of ether oxygens (including phenoxy) is 1. The Labute approximate surface area is 251 Å². The molecule has 1 unspecified atom stereocenters. The van der Waals surface area contributed by atoms with Crippen LogP contribution in [0.5, 0.6) is 5.75 Å². The fourth-order valence-electron chi connectivity index (χ4n) is 4.49. The molecule has 0 spiro atoms. The summed E-state index contributed by atoms with van der Waals surface area (Å²) < 4.78 is 5.65. The lowest BCUT2D eigenvalue weighted by molar-refractivity contribution is -0.325. The van der Waals surface area contributed by atoms with Gasteiger partial charge in [-0.05, 0) is 50.9 Å². The molecule has 11 N–H and O–H groups in total. The first-order chi connectivity index (χ1) is 20.3. The lowest BCUT2D eigenvalue weighted by Gasteiger charge is -2.19. The Bertz CT molecular complexity index is 1430. The van der Waals surface area contributed by atoms with Gasteiger partial charge in [0.25, 0.3) is 11.8 Å². The average molecular weight is 617 g/mol. The predicted octanol–water partition coefficient (Wildman–Crippen LogP) is -0.887. The van der Waals surface area contributed by atoms with Gasteiger partial charge < -0.3 is 52.4 Å². The molecule has 2 aliphatic rings. The maximum absolute atomic E-state index is 12.8. The highest BCUT2D eigenvalue weighted by atomic mass is 32.1. The number of hydrogen-bond donors (Lipinski definition) is 9. The summed E-state index contributed by atoms with van der Waals surface area (Å²) in [5.74, 6) is -1.41. The number of hydrogen-bond acceptors (Lipinski definition) is 13. The van der Waals surface area contributed by atoms with E-state index in [9.17, 15) is 29.7 Å². The second-order valence-corrected chi connectivity index (χ2v) is 11.5. The molecule has 0 radical (unpaired) electrons. The molecule has 2 aromatic rings. The largest absolute Gasteiger partial charge is 0.494 e. The topological polar surface area (TPSA) is 237 Å². The third-order valence-electron chi connectivity index (χ3n) is 6.82. The van der Waals surface area contributed by atoms with Gasteiger partial charge in [-0.1, -0.05) is 6.07 Å². The molecule has 0 bridgehead atoms. The average Bonchev–Trinajstić information content (AvgIpc) is 3.54. The number of rotatable bonds is 12. The van der Waals surface area contributed by atoms with Crippen molar-refractivity contribution in [3.05, 3.63) is 52.6 Å². The molecule has 43 heavy (non-hydrogen) atoms. The van der Waals surface area contributed by atoms with Gasteiger partial charge in [0.15, 0.2) is 5.75 Å². The van der Waals surface area contributed by atoms with Gasteiger partial charge in [0.05, 0.1) is 30.3 Å². The van der Waals surface area contributed by atoms with Gasteiger partial charge in [-0.3, -0.25) is 19.7 Å². The van der Waals surface area contributed by atoms with Crippen molar-refractivity contribution >= 4 is 34.7 Å². The SMILES string of the molecule is COc1c(NC(/C=C(\N)NC(=O)C2CC2)=C(/N)C(=O)NC(O)(O)O)cccc1-c1ncc(C(=O)NCC2CCN(C)C2)s1. The van der Waals surface area contributed by atoms with Crippen LogP contribution in [0.3, 0.4) is 0 Å². The van der Waals surface area contributed by atoms with E-state index >= 15 is 0 Å². The van der Waals surface area contributed by atoms with Crippen LogP contribution in [-0.2, 0) is 9.59 Å². The van der Waals surface area contributed by atoms with Gasteiger partial charge >= 0.3 is 6.10 Å². The molecule has 1 aliphatic heterocycles. The van der Waals surface area contributed by atoms with Crippen molar-refractivity contribution in [3.63, 3.8) is 0 Å². The number of para-hydroxylation sites is 1. The van der Waals surface area contributed by atoms with Gasteiger partial charge in [-0.15, -0.1) is 11.3 Å². The molecular weight excluding hydrogens is 580 g/mol. The number of carbonyl (C=O) groups is 3. The summed E-state index contributed by atoms with van der Waals surface area (Å²) in [6.45, 7) is 2.51. The van der Waals surface area contributed by atoms with E-state index in [0.717, 1.165) is 32.4 Å². The Hall–Kier alpha value is -4.22. The van der Waals surface area contributed by atoms with Crippen molar-refractivity contribution in [2.75, 3.05) is 39.1 Å². The van der Waals surface area contributed by atoms with Crippen molar-refractivity contribution in [3.8, 4) is 16.3 Å². The summed E-state index contributed by atoms with van der Waals surface area (Å²) in [5.41, 5.74) is 12.0. The quantitative estimate of drug-likeness (QED) is 0.0802. The number of nitrogens with one attached hydrogen (secondary N) is 4. The first kappa shape index (κ1) is 31.7. The highest BCUT2D eigenvalue weighted by molar-refractivity contribution is 7.17. The normalized spacial score (nSPS) is 18.1. The summed E-state index contributed by atoms with van der Waals surface area (Å²) >= 11 is 1.17. The Morgan fingerprint density at radius 1 is 1.21 bits per heavy atom. The summed E-state index contributed by atoms with van der Waals surface area (Å²) in [6.07, 6.45) is 1.61. The van der Waals surface area contributed by atoms with E-state index in [0.29, 0.717) is 27.9 Å². The van der Waals surface area contributed by atoms with E-state index in [1.807, 2.05) is 0 Å². The van der Waals surface area contributed by atoms with E-state index < -0.39 is 17.7 Å². The summed E-state index contributed by atoms with van der Waals surface area (Å²) in [4.78, 5) is 44.6. The molecule has 4 rings (SSSR count). The third kappa shape index (κ3) is 8.65. The minimum Gasteiger partial charge on any atom is -0.494 e. The first-order valence-electron chi connectivity index (χ1n) is 13.5. The van der Waals surface area contributed by atoms with Crippen molar-refractivity contribution in [1.82, 2.24) is 25.8 Å². The highest BCUT2D eigenvalue weighted by Crippen LogP contribution is 2.39. The zero-order chi connectivity index (χ0) is 31.3. The van der Waals surface area contributed by atoms with Gasteiger partial charge in [-0.25, -0.2) is 4.98 Å². The van der Waals surface area contributed by atoms with E-state index in [1.165, 1.54) is 36.0 Å². The van der Waals surface area contributed by atoms with Crippen LogP contribution in [0.4, 0.5) is 5.69 Å². The highest BCUT2D eigenvalue weighted by Gasteiger charge is 2.30. The molecule has 15 nitrogen and oxygen atoms in total. The molecule has 1 saturated heterocycles. The number of aromatic nitrogens is 1. The summed E-state index contributed by atoms with van der Waals surface area (Å²) in [6, 6.07) is 5.01. The number of likely N-dealkylation sites (tertiary alicyclic amines) is 1. The summed E-state index contributed by atoms with van der Waals surface area (Å²) in [5, 5.41) is 38.0. The Kier molecular flexibility index (Phi) is 9.87. The lowest BCUT2D eigenvalue weighted by Crippen LogP contribution is -2.50. The third-order valence-corrected chi connectivity index (χ3v) is 7.85. The molecule has 1 aromatic heterocycles. The van der Waals surface area contributed by atoms with Crippen LogP contribution in [0.15, 0.2) is 47.7 Å². The number of nitrogens with zero attached hydrogens (tertiary/aromatic N) is 2. The summed E-state index contributed by atoms with van der Waals surface area (Å²) in [7, 11) is 3.47. The molecule has 2 heterocycles. The number of carbonyl (C=O) groups excluding carboxylic acids is 3. The van der Waals surface area contributed by atoms with E-state index in [1.54, 1.807) is 18.2 Å². The monoisotopic (exact) mass is 616 g/mol. The van der Waals surface area contributed by atoms with Crippen LogP contribution in [0.25, 0.3) is 10.6 Å². The fraction of sp³-hybridized carbons (Fsp3) is 0.407. The molecule has 2 fully saturated rings. The van der Waals surface area contributed by atoms with Crippen LogP contribution >= 0.6 is 11.3 Å². The van der Waals surface area contributed by atoms with Crippen molar-refractivity contribution in [2.24, 2.45) is 23.3 Å². The molecular formula is C27H36N8O7S. The van der Waals surface area contributed by atoms with Gasteiger partial charge in [0.1, 0.15) is 21.4 Å². The zero-order valence-corrected chi connectivity index (χ0v) is 24.5. The second kappa shape index (κ2) is 13.4. The van der Waals surface area contributed by atoms with Crippen LogP contribution in [-0.4, -0.2) is 82.8 Å². The maximum atomic E-state index is 12.8. The molecule has 1 aromatic carbocycles. The number of amides is 3. The van der Waals surface area contributed by atoms with E-state index in [2.05, 4.69) is 32.9 Å². The van der Waals surface area contributed by atoms with Gasteiger partial charge in [0.2, 0.25) is 5.91 Å². The first-order valence-corrected chi connectivity index (χ1v) is 14.3. The number of allylic oxidation sites excluding steroid dienone is 1. The number of benzene rings is 1. The van der Waals surface area contributed by atoms with Crippen molar-refractivity contribution < 1.29 is 34.4 Å². The van der Waals surface area contributed by atoms with E-state index in [4.69, 9.17) is 16.2 Å². The van der Waals surface area contributed by atoms with Crippen molar-refractivity contribution in [2.45, 2.75) is 25.4 Å². The minimum atomic E-state index is -3.54. The second-order valence-electron chi connectivity index (χ2n) is 10.4. The number of methoxy groups -OCH3 is 1. The Balaban J connectivity index is 1.59. The van der Waals surface area contributed by atoms with Gasteiger partial charge in [0, 0.05) is 25.1 Å². The standard InChI is InChI=1S/C27H36N8O7S/c1-35-9-8-14(13-35)11-30-24(37)19-12-31-26(43-19)16-4-3-5-17(22(16)42-2)32-18(21(29)25(38)34-27(39,40)41)10-20(28)33-23(36)15-6-7-15/h3-5,10,12,14-15,32,39-41H,6-9,11,13,28-29H2,1-2H3,(H,30,37)(H,33,36)(H,34,38)/b20-10+,21-18+. The van der Waals surface area contributed by atoms with Crippen LogP contribution < -0.4 is 37.5 Å².